The van der Waals surface area contributed by atoms with E-state index in [0.29, 0.717) is 11.5 Å². The van der Waals surface area contributed by atoms with Crippen molar-refractivity contribution < 1.29 is 9.90 Å². The second kappa shape index (κ2) is 3.86. The van der Waals surface area contributed by atoms with Gasteiger partial charge < -0.3 is 16.6 Å². The van der Waals surface area contributed by atoms with Gasteiger partial charge in [-0.1, -0.05) is 6.07 Å². The Bertz CT molecular complexity index is 314. The zero-order chi connectivity index (χ0) is 9.84. The highest BCUT2D eigenvalue weighted by molar-refractivity contribution is 5.67. The first-order chi connectivity index (χ1) is 6.09. The van der Waals surface area contributed by atoms with Crippen LogP contribution in [0.3, 0.4) is 0 Å². The summed E-state index contributed by atoms with van der Waals surface area (Å²) in [6, 6.07) is 4.38. The zero-order valence-corrected chi connectivity index (χ0v) is 6.97. The van der Waals surface area contributed by atoms with Gasteiger partial charge in [0.2, 0.25) is 0 Å². The maximum Gasteiger partial charge on any atom is 0.305 e. The summed E-state index contributed by atoms with van der Waals surface area (Å²) in [6.45, 7) is 0. The molecule has 0 radical (unpaired) electrons. The van der Waals surface area contributed by atoms with Crippen molar-refractivity contribution in [2.45, 2.75) is 12.5 Å². The highest BCUT2D eigenvalue weighted by Gasteiger charge is 2.11. The number of hydrogen-bond acceptors (Lipinski definition) is 4. The molecule has 0 saturated heterocycles. The van der Waals surface area contributed by atoms with Crippen LogP contribution in [-0.2, 0) is 4.79 Å². The summed E-state index contributed by atoms with van der Waals surface area (Å²) in [7, 11) is 0. The van der Waals surface area contributed by atoms with Crippen LogP contribution in [-0.4, -0.2) is 16.1 Å². The predicted molar refractivity (Wildman–Crippen MR) is 47.8 cm³/mol. The van der Waals surface area contributed by atoms with E-state index in [0.717, 1.165) is 0 Å². The Labute approximate surface area is 75.4 Å². The van der Waals surface area contributed by atoms with E-state index in [1.807, 2.05) is 0 Å². The van der Waals surface area contributed by atoms with E-state index in [4.69, 9.17) is 16.6 Å². The maximum atomic E-state index is 10.3. The van der Waals surface area contributed by atoms with Crippen LogP contribution in [0.1, 0.15) is 18.2 Å². The summed E-state index contributed by atoms with van der Waals surface area (Å²) in [5, 5.41) is 8.48. The van der Waals surface area contributed by atoms with Gasteiger partial charge in [0.15, 0.2) is 0 Å². The number of nitrogens with zero attached hydrogens (tertiary/aromatic N) is 1. The largest absolute Gasteiger partial charge is 0.481 e. The Kier molecular flexibility index (Phi) is 2.81. The number of pyridine rings is 1. The molecule has 1 aromatic rings. The lowest BCUT2D eigenvalue weighted by Gasteiger charge is -2.07. The van der Waals surface area contributed by atoms with Crippen LogP contribution < -0.4 is 11.5 Å². The van der Waals surface area contributed by atoms with Gasteiger partial charge in [0.05, 0.1) is 18.2 Å². The molecule has 0 aliphatic heterocycles. The smallest absolute Gasteiger partial charge is 0.305 e. The summed E-state index contributed by atoms with van der Waals surface area (Å²) in [5.74, 6) is -0.602. The zero-order valence-electron chi connectivity index (χ0n) is 6.97. The number of aliphatic carboxylic acids is 1. The van der Waals surface area contributed by atoms with Crippen LogP contribution in [0.2, 0.25) is 0 Å². The van der Waals surface area contributed by atoms with Gasteiger partial charge in [0.25, 0.3) is 0 Å². The number of carboxylic acids is 1. The van der Waals surface area contributed by atoms with Crippen molar-refractivity contribution >= 4 is 11.8 Å². The minimum absolute atomic E-state index is 0.142. The number of anilines is 1. The van der Waals surface area contributed by atoms with E-state index in [1.54, 1.807) is 18.2 Å². The first kappa shape index (κ1) is 9.47. The lowest BCUT2D eigenvalue weighted by Crippen LogP contribution is -2.16. The fourth-order valence-corrected chi connectivity index (χ4v) is 0.968. The van der Waals surface area contributed by atoms with Crippen molar-refractivity contribution in [3.8, 4) is 0 Å². The molecule has 1 rings (SSSR count). The van der Waals surface area contributed by atoms with Crippen molar-refractivity contribution in [2.75, 3.05) is 5.73 Å². The van der Waals surface area contributed by atoms with Crippen molar-refractivity contribution in [2.24, 2.45) is 5.73 Å². The molecule has 0 bridgehead atoms. The summed E-state index contributed by atoms with van der Waals surface area (Å²) < 4.78 is 0. The van der Waals surface area contributed by atoms with E-state index in [2.05, 4.69) is 4.98 Å². The summed E-state index contributed by atoms with van der Waals surface area (Å²) in [6.07, 6.45) is -0.142. The Hall–Kier alpha value is -1.62. The number of aromatic nitrogens is 1. The third-order valence-electron chi connectivity index (χ3n) is 1.57. The molecule has 0 aromatic carbocycles. The molecule has 1 atom stereocenters. The number of carbonyl (C=O) groups is 1. The van der Waals surface area contributed by atoms with Crippen LogP contribution in [0.4, 0.5) is 5.82 Å². The number of rotatable bonds is 3. The van der Waals surface area contributed by atoms with Gasteiger partial charge in [-0.15, -0.1) is 0 Å². The highest BCUT2D eigenvalue weighted by atomic mass is 16.4. The van der Waals surface area contributed by atoms with Gasteiger partial charge in [-0.25, -0.2) is 4.98 Å². The van der Waals surface area contributed by atoms with Crippen molar-refractivity contribution in [1.29, 1.82) is 0 Å². The molecule has 1 unspecified atom stereocenters. The molecule has 13 heavy (non-hydrogen) atoms. The average Bonchev–Trinajstić information content (AvgIpc) is 2.03. The monoisotopic (exact) mass is 181 g/mol. The first-order valence-corrected chi connectivity index (χ1v) is 3.79. The summed E-state index contributed by atoms with van der Waals surface area (Å²) >= 11 is 0. The van der Waals surface area contributed by atoms with Crippen molar-refractivity contribution in [3.05, 3.63) is 23.9 Å². The first-order valence-electron chi connectivity index (χ1n) is 3.79. The molecule has 0 saturated carbocycles. The minimum Gasteiger partial charge on any atom is -0.481 e. The van der Waals surface area contributed by atoms with E-state index in [-0.39, 0.29) is 6.42 Å². The van der Waals surface area contributed by atoms with E-state index < -0.39 is 12.0 Å². The molecule has 0 aliphatic rings. The third-order valence-corrected chi connectivity index (χ3v) is 1.57. The molecule has 0 amide bonds. The van der Waals surface area contributed by atoms with Crippen LogP contribution in [0.15, 0.2) is 18.2 Å². The second-order valence-corrected chi connectivity index (χ2v) is 2.69. The molecular weight excluding hydrogens is 170 g/mol. The highest BCUT2D eigenvalue weighted by Crippen LogP contribution is 2.12. The third kappa shape index (κ3) is 2.72. The molecule has 5 N–H and O–H groups in total. The van der Waals surface area contributed by atoms with E-state index in [1.165, 1.54) is 0 Å². The number of nitrogens with two attached hydrogens (primary N) is 2. The Morgan fingerprint density at radius 2 is 2.31 bits per heavy atom. The fraction of sp³-hybridized carbons (Fsp3) is 0.250. The summed E-state index contributed by atoms with van der Waals surface area (Å²) in [5.41, 5.74) is 11.5. The second-order valence-electron chi connectivity index (χ2n) is 2.69. The molecular formula is C8H11N3O2. The molecule has 0 fully saturated rings. The van der Waals surface area contributed by atoms with Crippen LogP contribution in [0, 0.1) is 0 Å². The van der Waals surface area contributed by atoms with Crippen LogP contribution in [0.5, 0.6) is 0 Å². The lowest BCUT2D eigenvalue weighted by molar-refractivity contribution is -0.137. The summed E-state index contributed by atoms with van der Waals surface area (Å²) in [4.78, 5) is 14.2. The van der Waals surface area contributed by atoms with E-state index >= 15 is 0 Å². The quantitative estimate of drug-likeness (QED) is 0.615. The number of hydrogen-bond donors (Lipinski definition) is 3. The van der Waals surface area contributed by atoms with Gasteiger partial charge in [-0.2, -0.15) is 0 Å². The standard InChI is InChI=1S/C8H11N3O2/c9-5(4-8(12)13)6-2-1-3-7(10)11-6/h1-3,5H,4,9H2,(H2,10,11)(H,12,13). The SMILES string of the molecule is Nc1cccc(C(N)CC(=O)O)n1. The van der Waals surface area contributed by atoms with Crippen LogP contribution in [0.25, 0.3) is 0 Å². The minimum atomic E-state index is -0.947. The molecule has 1 heterocycles. The fourth-order valence-electron chi connectivity index (χ4n) is 0.968. The number of carboxylic acid groups (broad SMARTS) is 1. The Balaban J connectivity index is 2.76. The molecule has 5 heteroatoms. The molecule has 1 aromatic heterocycles. The molecule has 0 aliphatic carbocycles. The molecule has 0 spiro atoms. The topological polar surface area (TPSA) is 102 Å². The Morgan fingerprint density at radius 3 is 2.85 bits per heavy atom. The number of nitrogen functional groups attached to an aromatic ring is 1. The molecule has 5 nitrogen and oxygen atoms in total. The molecule has 70 valence electrons. The van der Waals surface area contributed by atoms with Crippen molar-refractivity contribution in [3.63, 3.8) is 0 Å². The maximum absolute atomic E-state index is 10.3. The predicted octanol–water partition coefficient (Wildman–Crippen LogP) is 0.138. The van der Waals surface area contributed by atoms with Gasteiger partial charge in [0, 0.05) is 0 Å². The van der Waals surface area contributed by atoms with Gasteiger partial charge in [-0.05, 0) is 12.1 Å². The average molecular weight is 181 g/mol. The van der Waals surface area contributed by atoms with Crippen molar-refractivity contribution in [1.82, 2.24) is 4.98 Å². The lowest BCUT2D eigenvalue weighted by atomic mass is 10.1. The normalized spacial score (nSPS) is 12.4. The van der Waals surface area contributed by atoms with E-state index in [9.17, 15) is 4.79 Å². The van der Waals surface area contributed by atoms with Crippen LogP contribution >= 0.6 is 0 Å². The van der Waals surface area contributed by atoms with Gasteiger partial charge in [0.1, 0.15) is 5.82 Å². The van der Waals surface area contributed by atoms with Gasteiger partial charge >= 0.3 is 5.97 Å². The van der Waals surface area contributed by atoms with Gasteiger partial charge in [-0.3, -0.25) is 4.79 Å². The Morgan fingerprint density at radius 1 is 1.62 bits per heavy atom.